The molecule has 0 spiro atoms. The van der Waals surface area contributed by atoms with E-state index in [9.17, 15) is 9.18 Å². The van der Waals surface area contributed by atoms with Gasteiger partial charge in [-0.3, -0.25) is 9.79 Å². The van der Waals surface area contributed by atoms with Crippen molar-refractivity contribution in [3.63, 3.8) is 0 Å². The molecule has 1 aromatic carbocycles. The van der Waals surface area contributed by atoms with Gasteiger partial charge in [-0.1, -0.05) is 19.1 Å². The van der Waals surface area contributed by atoms with E-state index in [-0.39, 0.29) is 23.6 Å². The highest BCUT2D eigenvalue weighted by atomic mass is 19.1. The Hall–Kier alpha value is -3.03. The van der Waals surface area contributed by atoms with Crippen LogP contribution in [0.5, 0.6) is 5.75 Å². The van der Waals surface area contributed by atoms with Gasteiger partial charge in [-0.15, -0.1) is 0 Å². The Morgan fingerprint density at radius 1 is 1.21 bits per heavy atom. The van der Waals surface area contributed by atoms with Gasteiger partial charge in [0.05, 0.1) is 12.8 Å². The summed E-state index contributed by atoms with van der Waals surface area (Å²) in [6.45, 7) is 5.43. The number of benzene rings is 1. The number of hydrogen-bond donors (Lipinski definition) is 3. The third-order valence-corrected chi connectivity index (χ3v) is 4.31. The molecule has 0 fully saturated rings. The number of carbonyl (C=O) groups is 1. The monoisotopic (exact) mass is 404 g/mol. The molecule has 1 atom stereocenters. The summed E-state index contributed by atoms with van der Waals surface area (Å²) in [5, 5.41) is 9.18. The first kappa shape index (κ1) is 22.3. The molecule has 29 heavy (non-hydrogen) atoms. The van der Waals surface area contributed by atoms with Gasteiger partial charge in [-0.05, 0) is 38.0 Å². The van der Waals surface area contributed by atoms with Crippen LogP contribution < -0.4 is 20.7 Å². The Morgan fingerprint density at radius 3 is 2.62 bits per heavy atom. The Balaban J connectivity index is 1.67. The van der Waals surface area contributed by atoms with Crippen molar-refractivity contribution in [3.05, 3.63) is 53.7 Å². The van der Waals surface area contributed by atoms with E-state index in [0.29, 0.717) is 31.4 Å². The van der Waals surface area contributed by atoms with Gasteiger partial charge in [0.25, 0.3) is 5.91 Å². The maximum atomic E-state index is 13.7. The number of para-hydroxylation sites is 1. The fourth-order valence-corrected chi connectivity index (χ4v) is 2.60. The van der Waals surface area contributed by atoms with Crippen molar-refractivity contribution in [2.24, 2.45) is 4.99 Å². The van der Waals surface area contributed by atoms with Crippen LogP contribution in [-0.2, 0) is 0 Å². The van der Waals surface area contributed by atoms with Crippen LogP contribution >= 0.6 is 0 Å². The Kier molecular flexibility index (Phi) is 9.01. The number of aryl methyl sites for hydroxylation is 1. The van der Waals surface area contributed by atoms with Crippen molar-refractivity contribution in [1.29, 1.82) is 0 Å². The standard InChI is InChI=1S/C21H29FN4O3/c1-4-16(29-18-9-6-5-8-17(18)22)14-26-21(23-3)25-12-7-11-24-20(27)19-15(2)10-13-28-19/h5-6,8-10,13,16H,4,7,11-12,14H2,1-3H3,(H,24,27)(H2,23,25,26). The number of rotatable bonds is 10. The summed E-state index contributed by atoms with van der Waals surface area (Å²) in [4.78, 5) is 16.1. The molecule has 0 aliphatic carbocycles. The van der Waals surface area contributed by atoms with Gasteiger partial charge in [0.1, 0.15) is 6.10 Å². The zero-order chi connectivity index (χ0) is 21.1. The van der Waals surface area contributed by atoms with Crippen LogP contribution in [-0.4, -0.2) is 44.7 Å². The highest BCUT2D eigenvalue weighted by Crippen LogP contribution is 2.17. The number of guanidine groups is 1. The minimum absolute atomic E-state index is 0.193. The molecule has 158 valence electrons. The lowest BCUT2D eigenvalue weighted by atomic mass is 10.2. The minimum atomic E-state index is -0.375. The normalized spacial score (nSPS) is 12.3. The highest BCUT2D eigenvalue weighted by Gasteiger charge is 2.13. The second-order valence-corrected chi connectivity index (χ2v) is 6.50. The SMILES string of the molecule is CCC(CNC(=NC)NCCCNC(=O)c1occc1C)Oc1ccccc1F. The van der Waals surface area contributed by atoms with E-state index in [0.717, 1.165) is 18.4 Å². The number of nitrogens with zero attached hydrogens (tertiary/aromatic N) is 1. The Bertz CT molecular complexity index is 807. The van der Waals surface area contributed by atoms with Crippen LogP contribution in [0, 0.1) is 12.7 Å². The molecule has 0 aliphatic heterocycles. The molecule has 0 saturated heterocycles. The van der Waals surface area contributed by atoms with Crippen molar-refractivity contribution in [2.45, 2.75) is 32.8 Å². The molecule has 0 bridgehead atoms. The number of amides is 1. The molecule has 3 N–H and O–H groups in total. The van der Waals surface area contributed by atoms with Gasteiger partial charge in [0.15, 0.2) is 23.3 Å². The van der Waals surface area contributed by atoms with Gasteiger partial charge in [0, 0.05) is 25.7 Å². The number of nitrogens with one attached hydrogen (secondary N) is 3. The topological polar surface area (TPSA) is 87.9 Å². The van der Waals surface area contributed by atoms with Crippen molar-refractivity contribution in [3.8, 4) is 5.75 Å². The Morgan fingerprint density at radius 2 is 1.97 bits per heavy atom. The van der Waals surface area contributed by atoms with E-state index in [1.165, 1.54) is 12.3 Å². The van der Waals surface area contributed by atoms with E-state index in [4.69, 9.17) is 9.15 Å². The number of hydrogen-bond acceptors (Lipinski definition) is 4. The third kappa shape index (κ3) is 7.14. The first-order valence-corrected chi connectivity index (χ1v) is 9.73. The van der Waals surface area contributed by atoms with Crippen LogP contribution in [0.1, 0.15) is 35.9 Å². The lowest BCUT2D eigenvalue weighted by Crippen LogP contribution is -2.43. The van der Waals surface area contributed by atoms with E-state index in [1.54, 1.807) is 31.3 Å². The van der Waals surface area contributed by atoms with Crippen molar-refractivity contribution < 1.29 is 18.3 Å². The summed E-state index contributed by atoms with van der Waals surface area (Å²) in [5.41, 5.74) is 0.813. The van der Waals surface area contributed by atoms with Crippen molar-refractivity contribution in [1.82, 2.24) is 16.0 Å². The smallest absolute Gasteiger partial charge is 0.287 e. The number of ether oxygens (including phenoxy) is 1. The second kappa shape index (κ2) is 11.7. The molecular formula is C21H29FN4O3. The van der Waals surface area contributed by atoms with Gasteiger partial charge < -0.3 is 25.1 Å². The van der Waals surface area contributed by atoms with E-state index in [2.05, 4.69) is 20.9 Å². The molecule has 0 saturated carbocycles. The zero-order valence-corrected chi connectivity index (χ0v) is 17.1. The molecule has 1 heterocycles. The number of furan rings is 1. The molecule has 0 radical (unpaired) electrons. The Labute approximate surface area is 170 Å². The lowest BCUT2D eigenvalue weighted by Gasteiger charge is -2.20. The maximum absolute atomic E-state index is 13.7. The van der Waals surface area contributed by atoms with Gasteiger partial charge in [-0.25, -0.2) is 4.39 Å². The van der Waals surface area contributed by atoms with Crippen molar-refractivity contribution in [2.75, 3.05) is 26.7 Å². The van der Waals surface area contributed by atoms with Gasteiger partial charge >= 0.3 is 0 Å². The zero-order valence-electron chi connectivity index (χ0n) is 17.1. The molecular weight excluding hydrogens is 375 g/mol. The molecule has 8 heteroatoms. The van der Waals surface area contributed by atoms with Crippen LogP contribution in [0.4, 0.5) is 4.39 Å². The van der Waals surface area contributed by atoms with Crippen LogP contribution in [0.25, 0.3) is 0 Å². The van der Waals surface area contributed by atoms with Crippen LogP contribution in [0.2, 0.25) is 0 Å². The summed E-state index contributed by atoms with van der Waals surface area (Å²) in [5.74, 6) is 0.614. The van der Waals surface area contributed by atoms with E-state index < -0.39 is 0 Å². The van der Waals surface area contributed by atoms with Gasteiger partial charge in [0.2, 0.25) is 0 Å². The second-order valence-electron chi connectivity index (χ2n) is 6.50. The fraction of sp³-hybridized carbons (Fsp3) is 0.429. The van der Waals surface area contributed by atoms with E-state index in [1.807, 2.05) is 13.8 Å². The van der Waals surface area contributed by atoms with Crippen molar-refractivity contribution >= 4 is 11.9 Å². The molecule has 2 aromatic rings. The molecule has 0 aliphatic rings. The van der Waals surface area contributed by atoms with E-state index >= 15 is 0 Å². The summed E-state index contributed by atoms with van der Waals surface area (Å²) in [7, 11) is 1.68. The lowest BCUT2D eigenvalue weighted by molar-refractivity contribution is 0.0925. The quantitative estimate of drug-likeness (QED) is 0.322. The minimum Gasteiger partial charge on any atom is -0.486 e. The summed E-state index contributed by atoms with van der Waals surface area (Å²) < 4.78 is 24.6. The predicted octanol–water partition coefficient (Wildman–Crippen LogP) is 2.87. The first-order chi connectivity index (χ1) is 14.0. The average Bonchev–Trinajstić information content (AvgIpc) is 3.16. The predicted molar refractivity (Wildman–Crippen MR) is 111 cm³/mol. The molecule has 1 amide bonds. The average molecular weight is 404 g/mol. The maximum Gasteiger partial charge on any atom is 0.287 e. The number of aliphatic imine (C=N–C) groups is 1. The fourth-order valence-electron chi connectivity index (χ4n) is 2.60. The molecule has 1 unspecified atom stereocenters. The summed E-state index contributed by atoms with van der Waals surface area (Å²) in [6, 6.07) is 8.12. The highest BCUT2D eigenvalue weighted by molar-refractivity contribution is 5.92. The van der Waals surface area contributed by atoms with Gasteiger partial charge in [-0.2, -0.15) is 0 Å². The number of halogens is 1. The molecule has 7 nitrogen and oxygen atoms in total. The largest absolute Gasteiger partial charge is 0.486 e. The van der Waals surface area contributed by atoms with Crippen LogP contribution in [0.3, 0.4) is 0 Å². The number of carbonyl (C=O) groups excluding carboxylic acids is 1. The summed E-state index contributed by atoms with van der Waals surface area (Å²) >= 11 is 0. The summed E-state index contributed by atoms with van der Waals surface area (Å²) in [6.07, 6.45) is 2.74. The third-order valence-electron chi connectivity index (χ3n) is 4.31. The first-order valence-electron chi connectivity index (χ1n) is 9.73. The molecule has 2 rings (SSSR count). The van der Waals surface area contributed by atoms with Crippen LogP contribution in [0.15, 0.2) is 46.0 Å². The molecule has 1 aromatic heterocycles.